The van der Waals surface area contributed by atoms with E-state index in [-0.39, 0.29) is 18.7 Å². The maximum Gasteiger partial charge on any atom is 0.435 e. The molecule has 1 aliphatic rings. The second-order valence-electron chi connectivity index (χ2n) is 4.63. The molecule has 0 spiro atoms. The number of hydrogen-bond donors (Lipinski definition) is 1. The highest BCUT2D eigenvalue weighted by Gasteiger charge is 2.40. The number of imidazole rings is 1. The summed E-state index contributed by atoms with van der Waals surface area (Å²) in [4.78, 5) is 10.5. The summed E-state index contributed by atoms with van der Waals surface area (Å²) in [5.41, 5.74) is -1.81. The Morgan fingerprint density at radius 1 is 1.33 bits per heavy atom. The fourth-order valence-electron chi connectivity index (χ4n) is 2.31. The number of aromatic nitrogens is 4. The monoisotopic (exact) mass is 306 g/mol. The van der Waals surface area contributed by atoms with E-state index < -0.39 is 35.9 Å². The Bertz CT molecular complexity index is 659. The van der Waals surface area contributed by atoms with Gasteiger partial charge in [-0.3, -0.25) is 4.57 Å². The van der Waals surface area contributed by atoms with E-state index in [4.69, 9.17) is 9.84 Å². The van der Waals surface area contributed by atoms with Crippen LogP contribution in [0.15, 0.2) is 12.7 Å². The second kappa shape index (κ2) is 4.88. The minimum absolute atomic E-state index is 0.0436. The van der Waals surface area contributed by atoms with Crippen LogP contribution >= 0.6 is 0 Å². The summed E-state index contributed by atoms with van der Waals surface area (Å²) in [5.74, 6) is 0. The number of rotatable bonds is 2. The zero-order valence-corrected chi connectivity index (χ0v) is 10.5. The summed E-state index contributed by atoms with van der Waals surface area (Å²) < 4.78 is 58.7. The van der Waals surface area contributed by atoms with Gasteiger partial charge in [0, 0.05) is 6.42 Å². The van der Waals surface area contributed by atoms with Gasteiger partial charge in [-0.1, -0.05) is 0 Å². The molecule has 3 rings (SSSR count). The fourth-order valence-corrected chi connectivity index (χ4v) is 2.31. The number of alkyl halides is 4. The molecule has 0 aromatic carbocycles. The summed E-state index contributed by atoms with van der Waals surface area (Å²) in [6.07, 6.45) is -6.28. The molecule has 114 valence electrons. The van der Waals surface area contributed by atoms with Crippen LogP contribution in [0.5, 0.6) is 0 Å². The average Bonchev–Trinajstić information content (AvgIpc) is 3.00. The van der Waals surface area contributed by atoms with E-state index in [1.165, 1.54) is 0 Å². The van der Waals surface area contributed by atoms with Crippen molar-refractivity contribution in [2.75, 3.05) is 6.61 Å². The van der Waals surface area contributed by atoms with Crippen molar-refractivity contribution in [3.8, 4) is 0 Å². The molecular formula is C11H10F4N4O2. The van der Waals surface area contributed by atoms with Gasteiger partial charge in [0.1, 0.15) is 18.0 Å². The Balaban J connectivity index is 2.06. The van der Waals surface area contributed by atoms with E-state index in [1.807, 2.05) is 0 Å². The molecule has 0 aliphatic carbocycles. The molecule has 0 saturated carbocycles. The molecule has 1 saturated heterocycles. The number of ether oxygens (including phenoxy) is 1. The van der Waals surface area contributed by atoms with Crippen LogP contribution in [0.3, 0.4) is 0 Å². The fraction of sp³-hybridized carbons (Fsp3) is 0.545. The Morgan fingerprint density at radius 3 is 2.71 bits per heavy atom. The zero-order valence-electron chi connectivity index (χ0n) is 10.5. The van der Waals surface area contributed by atoms with E-state index in [0.717, 1.165) is 17.2 Å². The summed E-state index contributed by atoms with van der Waals surface area (Å²) in [6, 6.07) is 0. The van der Waals surface area contributed by atoms with Crippen molar-refractivity contribution in [3.63, 3.8) is 0 Å². The van der Waals surface area contributed by atoms with Crippen LogP contribution in [0.25, 0.3) is 11.2 Å². The molecule has 3 atom stereocenters. The molecular weight excluding hydrogens is 296 g/mol. The lowest BCUT2D eigenvalue weighted by Gasteiger charge is -2.15. The first-order valence-corrected chi connectivity index (χ1v) is 6.07. The van der Waals surface area contributed by atoms with Gasteiger partial charge in [-0.2, -0.15) is 13.2 Å². The van der Waals surface area contributed by atoms with Crippen LogP contribution in [-0.4, -0.2) is 43.5 Å². The van der Waals surface area contributed by atoms with E-state index in [0.29, 0.717) is 0 Å². The molecule has 2 aromatic heterocycles. The lowest BCUT2D eigenvalue weighted by atomic mass is 10.2. The third-order valence-corrected chi connectivity index (χ3v) is 3.23. The smallest absolute Gasteiger partial charge is 0.394 e. The summed E-state index contributed by atoms with van der Waals surface area (Å²) in [7, 11) is 0. The first-order valence-electron chi connectivity index (χ1n) is 6.07. The Hall–Kier alpha value is -1.81. The van der Waals surface area contributed by atoms with Crippen LogP contribution < -0.4 is 0 Å². The highest BCUT2D eigenvalue weighted by Crippen LogP contribution is 2.35. The predicted octanol–water partition coefficient (Wildman–Crippen LogP) is 1.46. The Kier molecular flexibility index (Phi) is 3.29. The standard InChI is InChI=1S/C11H10F4N4O2/c12-6-1-5(2-20)21-10(6)19-4-18-7-8(11(13,14)15)16-3-17-9(7)19/h3-6,10,20H,1-2H2/t5-,6+,10+/m0/s1. The number of halogens is 4. The van der Waals surface area contributed by atoms with Crippen molar-refractivity contribution < 1.29 is 27.4 Å². The van der Waals surface area contributed by atoms with Gasteiger partial charge in [-0.05, 0) is 0 Å². The van der Waals surface area contributed by atoms with Crippen molar-refractivity contribution in [3.05, 3.63) is 18.3 Å². The van der Waals surface area contributed by atoms with Gasteiger partial charge in [0.2, 0.25) is 0 Å². The molecule has 10 heteroatoms. The number of aliphatic hydroxyl groups excluding tert-OH is 1. The zero-order chi connectivity index (χ0) is 15.2. The number of hydrogen-bond acceptors (Lipinski definition) is 5. The van der Waals surface area contributed by atoms with Crippen LogP contribution in [0, 0.1) is 0 Å². The maximum atomic E-state index is 13.9. The van der Waals surface area contributed by atoms with Gasteiger partial charge >= 0.3 is 6.18 Å². The molecule has 3 heterocycles. The predicted molar refractivity (Wildman–Crippen MR) is 60.8 cm³/mol. The van der Waals surface area contributed by atoms with Crippen molar-refractivity contribution >= 4 is 11.2 Å². The first-order chi connectivity index (χ1) is 9.91. The van der Waals surface area contributed by atoms with Gasteiger partial charge in [0.25, 0.3) is 0 Å². The number of aliphatic hydroxyl groups is 1. The van der Waals surface area contributed by atoms with E-state index in [1.54, 1.807) is 0 Å². The summed E-state index contributed by atoms with van der Waals surface area (Å²) in [5, 5.41) is 8.97. The Morgan fingerprint density at radius 2 is 2.10 bits per heavy atom. The van der Waals surface area contributed by atoms with Crippen LogP contribution in [0.4, 0.5) is 17.6 Å². The Labute approximate surface area is 115 Å². The van der Waals surface area contributed by atoms with Crippen molar-refractivity contribution in [2.45, 2.75) is 31.1 Å². The normalized spacial score (nSPS) is 26.6. The highest BCUT2D eigenvalue weighted by molar-refractivity contribution is 5.73. The minimum Gasteiger partial charge on any atom is -0.394 e. The lowest BCUT2D eigenvalue weighted by Crippen LogP contribution is -2.17. The van der Waals surface area contributed by atoms with E-state index in [9.17, 15) is 17.6 Å². The molecule has 1 aliphatic heterocycles. The summed E-state index contributed by atoms with van der Waals surface area (Å²) in [6.45, 7) is -0.369. The quantitative estimate of drug-likeness (QED) is 0.851. The molecule has 21 heavy (non-hydrogen) atoms. The van der Waals surface area contributed by atoms with E-state index >= 15 is 0 Å². The minimum atomic E-state index is -4.68. The summed E-state index contributed by atoms with van der Waals surface area (Å²) >= 11 is 0. The van der Waals surface area contributed by atoms with Crippen molar-refractivity contribution in [2.24, 2.45) is 0 Å². The van der Waals surface area contributed by atoms with Crippen molar-refractivity contribution in [1.82, 2.24) is 19.5 Å². The third kappa shape index (κ3) is 2.33. The van der Waals surface area contributed by atoms with Gasteiger partial charge in [-0.15, -0.1) is 0 Å². The van der Waals surface area contributed by atoms with Gasteiger partial charge in [0.15, 0.2) is 17.6 Å². The molecule has 0 unspecified atom stereocenters. The number of fused-ring (bicyclic) bond motifs is 1. The number of nitrogens with zero attached hydrogens (tertiary/aromatic N) is 4. The maximum absolute atomic E-state index is 13.9. The first kappa shape index (κ1) is 14.1. The molecule has 1 N–H and O–H groups in total. The largest absolute Gasteiger partial charge is 0.435 e. The highest BCUT2D eigenvalue weighted by atomic mass is 19.4. The molecule has 6 nitrogen and oxygen atoms in total. The van der Waals surface area contributed by atoms with Crippen LogP contribution in [-0.2, 0) is 10.9 Å². The molecule has 2 aromatic rings. The van der Waals surface area contributed by atoms with Crippen LogP contribution in [0.2, 0.25) is 0 Å². The van der Waals surface area contributed by atoms with Crippen molar-refractivity contribution in [1.29, 1.82) is 0 Å². The lowest BCUT2D eigenvalue weighted by molar-refractivity contribution is -0.140. The average molecular weight is 306 g/mol. The molecule has 0 bridgehead atoms. The van der Waals surface area contributed by atoms with Gasteiger partial charge < -0.3 is 9.84 Å². The van der Waals surface area contributed by atoms with Gasteiger partial charge in [-0.25, -0.2) is 19.3 Å². The third-order valence-electron chi connectivity index (χ3n) is 3.23. The topological polar surface area (TPSA) is 73.1 Å². The second-order valence-corrected chi connectivity index (χ2v) is 4.63. The van der Waals surface area contributed by atoms with Gasteiger partial charge in [0.05, 0.1) is 19.0 Å². The molecule has 0 radical (unpaired) electrons. The molecule has 0 amide bonds. The van der Waals surface area contributed by atoms with Crippen LogP contribution in [0.1, 0.15) is 18.3 Å². The van der Waals surface area contributed by atoms with E-state index in [2.05, 4.69) is 15.0 Å². The SMILES string of the molecule is OC[C@@H]1C[C@@H](F)[C@H](n2cnc3c(C(F)(F)F)ncnc32)O1. The molecule has 1 fully saturated rings.